The number of benzene rings is 2. The van der Waals surface area contributed by atoms with Gasteiger partial charge in [0.1, 0.15) is 5.82 Å². The van der Waals surface area contributed by atoms with Crippen LogP contribution in [0.4, 0.5) is 4.39 Å². The van der Waals surface area contributed by atoms with E-state index in [0.29, 0.717) is 23.7 Å². The van der Waals surface area contributed by atoms with Crippen molar-refractivity contribution in [3.63, 3.8) is 0 Å². The third kappa shape index (κ3) is 2.57. The van der Waals surface area contributed by atoms with Gasteiger partial charge >= 0.3 is 0 Å². The average molecular weight is 294 g/mol. The summed E-state index contributed by atoms with van der Waals surface area (Å²) in [5, 5.41) is 3.60. The van der Waals surface area contributed by atoms with Crippen LogP contribution in [0, 0.1) is 5.82 Å². The molecule has 104 valence electrons. The molecule has 2 aromatic rings. The summed E-state index contributed by atoms with van der Waals surface area (Å²) in [6.45, 7) is 1.15. The molecule has 20 heavy (non-hydrogen) atoms. The highest BCUT2D eigenvalue weighted by molar-refractivity contribution is 6.31. The number of fused-ring (bicyclic) bond motifs is 1. The Kier molecular flexibility index (Phi) is 3.76. The first-order chi connectivity index (χ1) is 9.75. The summed E-state index contributed by atoms with van der Waals surface area (Å²) in [6.07, 6.45) is 0. The van der Waals surface area contributed by atoms with Crippen LogP contribution in [0.25, 0.3) is 0 Å². The summed E-state index contributed by atoms with van der Waals surface area (Å²) in [5.41, 5.74) is 1.45. The lowest BCUT2D eigenvalue weighted by atomic mass is 10.1. The molecule has 0 aliphatic carbocycles. The van der Waals surface area contributed by atoms with Crippen molar-refractivity contribution in [2.24, 2.45) is 0 Å². The van der Waals surface area contributed by atoms with Crippen LogP contribution in [0.1, 0.15) is 11.1 Å². The predicted molar refractivity (Wildman–Crippen MR) is 74.5 cm³/mol. The fourth-order valence-corrected chi connectivity index (χ4v) is 2.38. The van der Waals surface area contributed by atoms with Gasteiger partial charge in [0.25, 0.3) is 0 Å². The zero-order chi connectivity index (χ0) is 13.9. The normalized spacial score (nSPS) is 12.7. The molecule has 0 spiro atoms. The molecule has 0 fully saturated rings. The topological polar surface area (TPSA) is 30.5 Å². The van der Waals surface area contributed by atoms with Gasteiger partial charge < -0.3 is 14.8 Å². The van der Waals surface area contributed by atoms with Crippen LogP contribution in [-0.2, 0) is 13.1 Å². The molecule has 3 rings (SSSR count). The van der Waals surface area contributed by atoms with Crippen molar-refractivity contribution in [2.45, 2.75) is 13.1 Å². The van der Waals surface area contributed by atoms with Crippen molar-refractivity contribution in [1.82, 2.24) is 5.32 Å². The number of nitrogens with one attached hydrogen (secondary N) is 1. The van der Waals surface area contributed by atoms with E-state index in [1.165, 1.54) is 6.07 Å². The van der Waals surface area contributed by atoms with E-state index in [9.17, 15) is 4.39 Å². The molecule has 1 aliphatic heterocycles. The fourth-order valence-electron chi connectivity index (χ4n) is 2.15. The van der Waals surface area contributed by atoms with Gasteiger partial charge in [-0.3, -0.25) is 0 Å². The van der Waals surface area contributed by atoms with Crippen molar-refractivity contribution in [3.8, 4) is 11.5 Å². The standard InChI is InChI=1S/C15H13ClFNO2/c16-12-4-2-5-13(17)11(12)8-18-7-10-3-1-6-14-15(10)20-9-19-14/h1-6,18H,7-9H2. The molecule has 1 heterocycles. The minimum absolute atomic E-state index is 0.242. The Labute approximate surface area is 121 Å². The Morgan fingerprint density at radius 1 is 1.10 bits per heavy atom. The van der Waals surface area contributed by atoms with Crippen LogP contribution in [0.15, 0.2) is 36.4 Å². The number of rotatable bonds is 4. The molecule has 2 aromatic carbocycles. The molecule has 0 amide bonds. The Morgan fingerprint density at radius 2 is 1.95 bits per heavy atom. The second kappa shape index (κ2) is 5.69. The van der Waals surface area contributed by atoms with E-state index in [-0.39, 0.29) is 12.6 Å². The molecular weight excluding hydrogens is 281 g/mol. The van der Waals surface area contributed by atoms with Gasteiger partial charge in [-0.1, -0.05) is 29.8 Å². The highest BCUT2D eigenvalue weighted by atomic mass is 35.5. The molecule has 0 saturated heterocycles. The summed E-state index contributed by atoms with van der Waals surface area (Å²) in [6, 6.07) is 10.4. The first kappa shape index (κ1) is 13.2. The van der Waals surface area contributed by atoms with E-state index in [0.717, 1.165) is 17.1 Å². The molecule has 5 heteroatoms. The van der Waals surface area contributed by atoms with Crippen molar-refractivity contribution in [1.29, 1.82) is 0 Å². The summed E-state index contributed by atoms with van der Waals surface area (Å²) in [7, 11) is 0. The molecule has 0 radical (unpaired) electrons. The fraction of sp³-hybridized carbons (Fsp3) is 0.200. The SMILES string of the molecule is Fc1cccc(Cl)c1CNCc1cccc2c1OCO2. The Hall–Kier alpha value is -1.78. The van der Waals surface area contributed by atoms with Gasteiger partial charge in [0.2, 0.25) is 6.79 Å². The predicted octanol–water partition coefficient (Wildman–Crippen LogP) is 3.50. The van der Waals surface area contributed by atoms with Gasteiger partial charge in [0, 0.05) is 29.2 Å². The van der Waals surface area contributed by atoms with E-state index < -0.39 is 0 Å². The largest absolute Gasteiger partial charge is 0.454 e. The van der Waals surface area contributed by atoms with Gasteiger partial charge in [-0.15, -0.1) is 0 Å². The maximum absolute atomic E-state index is 13.6. The van der Waals surface area contributed by atoms with Gasteiger partial charge in [0.05, 0.1) is 0 Å². The van der Waals surface area contributed by atoms with Crippen molar-refractivity contribution in [3.05, 3.63) is 58.4 Å². The number of hydrogen-bond donors (Lipinski definition) is 1. The molecule has 1 N–H and O–H groups in total. The first-order valence-electron chi connectivity index (χ1n) is 6.27. The molecule has 0 unspecified atom stereocenters. The van der Waals surface area contributed by atoms with Crippen LogP contribution in [-0.4, -0.2) is 6.79 Å². The lowest BCUT2D eigenvalue weighted by molar-refractivity contribution is 0.173. The minimum Gasteiger partial charge on any atom is -0.454 e. The van der Waals surface area contributed by atoms with Crippen LogP contribution in [0.5, 0.6) is 11.5 Å². The zero-order valence-electron chi connectivity index (χ0n) is 10.7. The summed E-state index contributed by atoms with van der Waals surface area (Å²) in [5.74, 6) is 1.19. The highest BCUT2D eigenvalue weighted by Crippen LogP contribution is 2.35. The minimum atomic E-state index is -0.303. The van der Waals surface area contributed by atoms with E-state index in [1.807, 2.05) is 18.2 Å². The second-order valence-corrected chi connectivity index (χ2v) is 4.86. The lowest BCUT2D eigenvalue weighted by Gasteiger charge is -2.09. The van der Waals surface area contributed by atoms with Gasteiger partial charge in [0.15, 0.2) is 11.5 Å². The van der Waals surface area contributed by atoms with Gasteiger partial charge in [-0.25, -0.2) is 4.39 Å². The molecule has 1 aliphatic rings. The zero-order valence-corrected chi connectivity index (χ0v) is 11.4. The van der Waals surface area contributed by atoms with E-state index in [2.05, 4.69) is 5.32 Å². The molecule has 0 saturated carbocycles. The van der Waals surface area contributed by atoms with Crippen LogP contribution in [0.2, 0.25) is 5.02 Å². The van der Waals surface area contributed by atoms with Crippen LogP contribution >= 0.6 is 11.6 Å². The second-order valence-electron chi connectivity index (χ2n) is 4.45. The quantitative estimate of drug-likeness (QED) is 0.936. The molecule has 0 bridgehead atoms. The number of para-hydroxylation sites is 1. The third-order valence-electron chi connectivity index (χ3n) is 3.16. The average Bonchev–Trinajstić information content (AvgIpc) is 2.91. The van der Waals surface area contributed by atoms with Crippen molar-refractivity contribution < 1.29 is 13.9 Å². The maximum atomic E-state index is 13.6. The molecule has 3 nitrogen and oxygen atoms in total. The summed E-state index contributed by atoms with van der Waals surface area (Å²) < 4.78 is 24.4. The van der Waals surface area contributed by atoms with Crippen LogP contribution < -0.4 is 14.8 Å². The maximum Gasteiger partial charge on any atom is 0.231 e. The van der Waals surface area contributed by atoms with E-state index in [1.54, 1.807) is 12.1 Å². The van der Waals surface area contributed by atoms with Crippen molar-refractivity contribution >= 4 is 11.6 Å². The van der Waals surface area contributed by atoms with Gasteiger partial charge in [-0.05, 0) is 18.2 Å². The Balaban J connectivity index is 1.68. The number of hydrogen-bond acceptors (Lipinski definition) is 3. The first-order valence-corrected chi connectivity index (χ1v) is 6.64. The number of ether oxygens (including phenoxy) is 2. The van der Waals surface area contributed by atoms with E-state index in [4.69, 9.17) is 21.1 Å². The van der Waals surface area contributed by atoms with Gasteiger partial charge in [-0.2, -0.15) is 0 Å². The molecular formula is C15H13ClFNO2. The Bertz CT molecular complexity index is 613. The summed E-state index contributed by atoms with van der Waals surface area (Å²) in [4.78, 5) is 0. The highest BCUT2D eigenvalue weighted by Gasteiger charge is 2.16. The Morgan fingerprint density at radius 3 is 2.80 bits per heavy atom. The van der Waals surface area contributed by atoms with Crippen molar-refractivity contribution in [2.75, 3.05) is 6.79 Å². The smallest absolute Gasteiger partial charge is 0.231 e. The third-order valence-corrected chi connectivity index (χ3v) is 3.51. The number of halogens is 2. The molecule has 0 aromatic heterocycles. The summed E-state index contributed by atoms with van der Waals surface area (Å²) >= 11 is 5.98. The lowest BCUT2D eigenvalue weighted by Crippen LogP contribution is -2.14. The van der Waals surface area contributed by atoms with Crippen LogP contribution in [0.3, 0.4) is 0 Å². The molecule has 0 atom stereocenters. The monoisotopic (exact) mass is 293 g/mol. The van der Waals surface area contributed by atoms with E-state index >= 15 is 0 Å².